The number of hydrogen-bond acceptors (Lipinski definition) is 2. The van der Waals surface area contributed by atoms with Crippen LogP contribution in [0, 0.1) is 5.92 Å². The van der Waals surface area contributed by atoms with Crippen LogP contribution in [0.4, 0.5) is 0 Å². The molecule has 0 aromatic carbocycles. The predicted molar refractivity (Wildman–Crippen MR) is 58.5 cm³/mol. The lowest BCUT2D eigenvalue weighted by atomic mass is 10.0. The van der Waals surface area contributed by atoms with E-state index < -0.39 is 5.97 Å². The first-order chi connectivity index (χ1) is 7.02. The molecule has 0 spiro atoms. The first-order valence-corrected chi connectivity index (χ1v) is 5.13. The summed E-state index contributed by atoms with van der Waals surface area (Å²) < 4.78 is 0. The van der Waals surface area contributed by atoms with Gasteiger partial charge in [-0.1, -0.05) is 13.5 Å². The van der Waals surface area contributed by atoms with E-state index in [0.29, 0.717) is 25.8 Å². The summed E-state index contributed by atoms with van der Waals surface area (Å²) in [6, 6.07) is 0. The number of amides is 1. The van der Waals surface area contributed by atoms with Gasteiger partial charge in [0.2, 0.25) is 5.91 Å². The van der Waals surface area contributed by atoms with E-state index in [4.69, 9.17) is 5.11 Å². The molecule has 1 atom stereocenters. The molecule has 86 valence electrons. The van der Waals surface area contributed by atoms with Crippen LogP contribution in [-0.2, 0) is 9.59 Å². The third-order valence-corrected chi connectivity index (χ3v) is 2.44. The summed E-state index contributed by atoms with van der Waals surface area (Å²) in [5.74, 6) is -1.18. The van der Waals surface area contributed by atoms with Gasteiger partial charge in [0, 0.05) is 13.6 Å². The van der Waals surface area contributed by atoms with E-state index in [2.05, 4.69) is 6.58 Å². The largest absolute Gasteiger partial charge is 0.481 e. The highest BCUT2D eigenvalue weighted by Crippen LogP contribution is 2.11. The summed E-state index contributed by atoms with van der Waals surface area (Å²) in [7, 11) is 1.69. The minimum atomic E-state index is -0.754. The Balaban J connectivity index is 3.82. The molecule has 1 unspecified atom stereocenters. The van der Waals surface area contributed by atoms with Gasteiger partial charge >= 0.3 is 5.97 Å². The lowest BCUT2D eigenvalue weighted by Crippen LogP contribution is -2.26. The quantitative estimate of drug-likeness (QED) is 0.652. The smallest absolute Gasteiger partial charge is 0.306 e. The highest BCUT2D eigenvalue weighted by Gasteiger charge is 2.14. The molecule has 0 aliphatic carbocycles. The molecular weight excluding hydrogens is 194 g/mol. The fourth-order valence-electron chi connectivity index (χ4n) is 1.34. The van der Waals surface area contributed by atoms with Crippen molar-refractivity contribution in [1.29, 1.82) is 0 Å². The molecule has 0 radical (unpaired) electrons. The zero-order chi connectivity index (χ0) is 11.8. The maximum absolute atomic E-state index is 11.1. The van der Waals surface area contributed by atoms with Gasteiger partial charge in [0.15, 0.2) is 0 Å². The number of rotatable bonds is 7. The summed E-state index contributed by atoms with van der Waals surface area (Å²) >= 11 is 0. The Labute approximate surface area is 90.6 Å². The fourth-order valence-corrected chi connectivity index (χ4v) is 1.34. The third kappa shape index (κ3) is 5.20. The number of hydrogen-bond donors (Lipinski definition) is 1. The van der Waals surface area contributed by atoms with Crippen LogP contribution in [0.2, 0.25) is 0 Å². The molecule has 15 heavy (non-hydrogen) atoms. The van der Waals surface area contributed by atoms with Crippen LogP contribution >= 0.6 is 0 Å². The zero-order valence-electron chi connectivity index (χ0n) is 9.40. The molecule has 0 bridgehead atoms. The molecule has 1 amide bonds. The van der Waals surface area contributed by atoms with Crippen LogP contribution in [0.25, 0.3) is 0 Å². The van der Waals surface area contributed by atoms with Gasteiger partial charge in [-0.2, -0.15) is 0 Å². The Kier molecular flexibility index (Phi) is 6.42. The Morgan fingerprint density at radius 1 is 1.53 bits per heavy atom. The lowest BCUT2D eigenvalue weighted by Gasteiger charge is -2.16. The normalized spacial score (nSPS) is 11.9. The molecule has 0 aromatic heterocycles. The summed E-state index contributed by atoms with van der Waals surface area (Å²) in [6.07, 6.45) is 3.21. The Bertz CT molecular complexity index is 238. The number of carboxylic acid groups (broad SMARTS) is 1. The van der Waals surface area contributed by atoms with Crippen molar-refractivity contribution in [1.82, 2.24) is 4.90 Å². The van der Waals surface area contributed by atoms with E-state index in [1.807, 2.05) is 6.92 Å². The maximum Gasteiger partial charge on any atom is 0.306 e. The number of carbonyl (C=O) groups is 2. The lowest BCUT2D eigenvalue weighted by molar-refractivity contribution is -0.142. The number of likely N-dealkylation sites (N-methyl/N-ethyl adjacent to an activating group) is 1. The van der Waals surface area contributed by atoms with Crippen molar-refractivity contribution >= 4 is 11.9 Å². The Morgan fingerprint density at radius 3 is 2.53 bits per heavy atom. The molecular formula is C11H19NO3. The third-order valence-electron chi connectivity index (χ3n) is 2.44. The zero-order valence-corrected chi connectivity index (χ0v) is 9.40. The van der Waals surface area contributed by atoms with Crippen LogP contribution in [0.3, 0.4) is 0 Å². The average molecular weight is 213 g/mol. The van der Waals surface area contributed by atoms with Gasteiger partial charge in [-0.3, -0.25) is 9.59 Å². The monoisotopic (exact) mass is 213 g/mol. The van der Waals surface area contributed by atoms with Crippen molar-refractivity contribution in [3.8, 4) is 0 Å². The topological polar surface area (TPSA) is 57.6 Å². The van der Waals surface area contributed by atoms with Crippen molar-refractivity contribution in [2.75, 3.05) is 13.6 Å². The highest BCUT2D eigenvalue weighted by molar-refractivity contribution is 5.86. The molecule has 0 rings (SSSR count). The van der Waals surface area contributed by atoms with E-state index in [1.165, 1.54) is 6.08 Å². The van der Waals surface area contributed by atoms with E-state index in [9.17, 15) is 9.59 Å². The second-order valence-corrected chi connectivity index (χ2v) is 3.55. The molecule has 0 saturated carbocycles. The molecule has 0 fully saturated rings. The Hall–Kier alpha value is -1.32. The van der Waals surface area contributed by atoms with E-state index in [0.717, 1.165) is 0 Å². The van der Waals surface area contributed by atoms with Crippen LogP contribution in [0.5, 0.6) is 0 Å². The summed E-state index contributed by atoms with van der Waals surface area (Å²) in [4.78, 5) is 23.3. The van der Waals surface area contributed by atoms with Gasteiger partial charge in [0.25, 0.3) is 0 Å². The summed E-state index contributed by atoms with van der Waals surface area (Å²) in [5, 5.41) is 8.80. The molecule has 0 aliphatic rings. The first-order valence-electron chi connectivity index (χ1n) is 5.13. The maximum atomic E-state index is 11.1. The van der Waals surface area contributed by atoms with Gasteiger partial charge < -0.3 is 10.0 Å². The first kappa shape index (κ1) is 13.7. The number of carbonyl (C=O) groups excluding carboxylic acids is 1. The minimum absolute atomic E-state index is 0.127. The number of aliphatic carboxylic acids is 1. The number of carboxylic acids is 1. The fraction of sp³-hybridized carbons (Fsp3) is 0.636. The summed E-state index contributed by atoms with van der Waals surface area (Å²) in [5.41, 5.74) is 0. The molecule has 0 saturated heterocycles. The van der Waals surface area contributed by atoms with Crippen LogP contribution in [0.1, 0.15) is 26.2 Å². The predicted octanol–water partition coefficient (Wildman–Crippen LogP) is 1.52. The Morgan fingerprint density at radius 2 is 2.13 bits per heavy atom. The van der Waals surface area contributed by atoms with Gasteiger partial charge in [-0.25, -0.2) is 0 Å². The molecule has 0 aromatic rings. The second-order valence-electron chi connectivity index (χ2n) is 3.55. The highest BCUT2D eigenvalue weighted by atomic mass is 16.4. The standard InChI is InChI=1S/C11H19NO3/c1-4-9(11(14)15)7-6-8-12(3)10(13)5-2/h5,9H,2,4,6-8H2,1,3H3,(H,14,15). The van der Waals surface area contributed by atoms with Crippen molar-refractivity contribution in [2.24, 2.45) is 5.92 Å². The van der Waals surface area contributed by atoms with Gasteiger partial charge in [0.1, 0.15) is 0 Å². The molecule has 0 aliphatic heterocycles. The van der Waals surface area contributed by atoms with Gasteiger partial charge in [0.05, 0.1) is 5.92 Å². The SMILES string of the molecule is C=CC(=O)N(C)CCCC(CC)C(=O)O. The van der Waals surface area contributed by atoms with Crippen LogP contribution in [0.15, 0.2) is 12.7 Å². The molecule has 1 N–H and O–H groups in total. The van der Waals surface area contributed by atoms with Gasteiger partial charge in [-0.15, -0.1) is 0 Å². The van der Waals surface area contributed by atoms with Crippen molar-refractivity contribution < 1.29 is 14.7 Å². The van der Waals surface area contributed by atoms with Gasteiger partial charge in [-0.05, 0) is 25.3 Å². The van der Waals surface area contributed by atoms with Crippen molar-refractivity contribution in [2.45, 2.75) is 26.2 Å². The molecule has 4 heteroatoms. The molecule has 4 nitrogen and oxygen atoms in total. The second kappa shape index (κ2) is 7.04. The van der Waals surface area contributed by atoms with E-state index >= 15 is 0 Å². The van der Waals surface area contributed by atoms with Crippen LogP contribution in [-0.4, -0.2) is 35.5 Å². The minimum Gasteiger partial charge on any atom is -0.481 e. The van der Waals surface area contributed by atoms with Crippen molar-refractivity contribution in [3.63, 3.8) is 0 Å². The van der Waals surface area contributed by atoms with Crippen LogP contribution < -0.4 is 0 Å². The average Bonchev–Trinajstić information content (AvgIpc) is 2.22. The number of nitrogens with zero attached hydrogens (tertiary/aromatic N) is 1. The van der Waals surface area contributed by atoms with Crippen molar-refractivity contribution in [3.05, 3.63) is 12.7 Å². The molecule has 0 heterocycles. The summed E-state index contributed by atoms with van der Waals surface area (Å²) in [6.45, 7) is 5.82. The van der Waals surface area contributed by atoms with E-state index in [1.54, 1.807) is 11.9 Å². The van der Waals surface area contributed by atoms with E-state index in [-0.39, 0.29) is 11.8 Å².